The highest BCUT2D eigenvalue weighted by Gasteiger charge is 2.16. The maximum atomic E-state index is 5.32. The van der Waals surface area contributed by atoms with Gasteiger partial charge in [0.15, 0.2) is 5.17 Å². The molecule has 0 atom stereocenters. The molecule has 1 aromatic heterocycles. The van der Waals surface area contributed by atoms with E-state index >= 15 is 0 Å². The highest BCUT2D eigenvalue weighted by molar-refractivity contribution is 8.14. The van der Waals surface area contributed by atoms with Gasteiger partial charge in [-0.05, 0) is 32.0 Å². The molecule has 0 unspecified atom stereocenters. The van der Waals surface area contributed by atoms with Crippen molar-refractivity contribution >= 4 is 39.7 Å². The van der Waals surface area contributed by atoms with Crippen LogP contribution in [-0.2, 0) is 0 Å². The number of thiophene rings is 1. The van der Waals surface area contributed by atoms with Crippen LogP contribution < -0.4 is 10.2 Å². The average Bonchev–Trinajstić information content (AvgIpc) is 2.87. The normalized spacial score (nSPS) is 16.3. The van der Waals surface area contributed by atoms with E-state index in [9.17, 15) is 0 Å². The van der Waals surface area contributed by atoms with E-state index in [1.165, 1.54) is 15.3 Å². The Kier molecular flexibility index (Phi) is 4.49. The Morgan fingerprint density at radius 2 is 2.09 bits per heavy atom. The van der Waals surface area contributed by atoms with Crippen molar-refractivity contribution in [3.8, 4) is 5.75 Å². The van der Waals surface area contributed by atoms with Crippen LogP contribution in [0.25, 0.3) is 0 Å². The summed E-state index contributed by atoms with van der Waals surface area (Å²) in [4.78, 5) is 7.21. The minimum absolute atomic E-state index is 0.761. The minimum Gasteiger partial charge on any atom is -0.494 e. The van der Waals surface area contributed by atoms with Crippen LogP contribution in [-0.4, -0.2) is 23.7 Å². The van der Waals surface area contributed by atoms with E-state index in [-0.39, 0.29) is 0 Å². The Morgan fingerprint density at radius 1 is 1.27 bits per heavy atom. The third-order valence-electron chi connectivity index (χ3n) is 3.29. The summed E-state index contributed by atoms with van der Waals surface area (Å²) in [5, 5.41) is 5.28. The number of para-hydroxylation sites is 2. The maximum Gasteiger partial charge on any atom is 0.182 e. The molecule has 2 heterocycles. The van der Waals surface area contributed by atoms with E-state index in [4.69, 9.17) is 4.74 Å². The number of hydrazone groups is 1. The zero-order valence-corrected chi connectivity index (χ0v) is 14.3. The smallest absolute Gasteiger partial charge is 0.182 e. The zero-order chi connectivity index (χ0) is 15.5. The molecule has 1 N–H and O–H groups in total. The second-order valence-corrected chi connectivity index (χ2v) is 7.30. The Balaban J connectivity index is 1.81. The summed E-state index contributed by atoms with van der Waals surface area (Å²) in [6.45, 7) is 4.26. The molecule has 0 amide bonds. The van der Waals surface area contributed by atoms with Gasteiger partial charge in [0.1, 0.15) is 11.4 Å². The van der Waals surface area contributed by atoms with Gasteiger partial charge >= 0.3 is 0 Å². The first-order chi connectivity index (χ1) is 10.7. The topological polar surface area (TPSA) is 46.0 Å². The molecule has 1 aliphatic heterocycles. The van der Waals surface area contributed by atoms with Gasteiger partial charge in [-0.3, -0.25) is 5.43 Å². The third kappa shape index (κ3) is 3.18. The Morgan fingerprint density at radius 3 is 2.73 bits per heavy atom. The van der Waals surface area contributed by atoms with Crippen molar-refractivity contribution in [3.05, 3.63) is 45.6 Å². The fourth-order valence-corrected chi connectivity index (χ4v) is 3.97. The number of methoxy groups -OCH3 is 1. The van der Waals surface area contributed by atoms with E-state index < -0.39 is 0 Å². The molecule has 0 spiro atoms. The number of thioether (sulfide) groups is 1. The van der Waals surface area contributed by atoms with Crippen LogP contribution >= 0.6 is 23.1 Å². The molecule has 6 heteroatoms. The number of benzene rings is 1. The van der Waals surface area contributed by atoms with Crippen molar-refractivity contribution in [2.75, 3.05) is 12.9 Å². The van der Waals surface area contributed by atoms with Crippen LogP contribution in [0.4, 0.5) is 5.69 Å². The van der Waals surface area contributed by atoms with Crippen LogP contribution in [0.15, 0.2) is 40.4 Å². The molecule has 4 nitrogen and oxygen atoms in total. The summed E-state index contributed by atoms with van der Waals surface area (Å²) >= 11 is 3.46. The minimum atomic E-state index is 0.761. The molecule has 0 saturated heterocycles. The molecule has 0 radical (unpaired) electrons. The largest absolute Gasteiger partial charge is 0.494 e. The number of aryl methyl sites for hydroxylation is 2. The summed E-state index contributed by atoms with van der Waals surface area (Å²) in [7, 11) is 1.65. The van der Waals surface area contributed by atoms with Gasteiger partial charge in [-0.25, -0.2) is 4.99 Å². The number of amidine groups is 1. The van der Waals surface area contributed by atoms with E-state index in [0.29, 0.717) is 0 Å². The first-order valence-corrected chi connectivity index (χ1v) is 8.72. The summed E-state index contributed by atoms with van der Waals surface area (Å²) in [6, 6.07) is 9.91. The maximum absolute atomic E-state index is 5.32. The van der Waals surface area contributed by atoms with E-state index in [1.54, 1.807) is 30.2 Å². The van der Waals surface area contributed by atoms with E-state index in [1.807, 2.05) is 24.3 Å². The Labute approximate surface area is 138 Å². The molecule has 1 aromatic carbocycles. The SMILES string of the molecule is COc1ccccc1N=C1NN=C(c2cc(C)sc2C)CS1. The monoisotopic (exact) mass is 331 g/mol. The molecule has 3 rings (SSSR count). The summed E-state index contributed by atoms with van der Waals surface area (Å²) in [5.74, 6) is 1.58. The van der Waals surface area contributed by atoms with E-state index in [0.717, 1.165) is 28.1 Å². The molecule has 22 heavy (non-hydrogen) atoms. The van der Waals surface area contributed by atoms with Crippen molar-refractivity contribution in [3.63, 3.8) is 0 Å². The number of nitrogens with zero attached hydrogens (tertiary/aromatic N) is 2. The van der Waals surface area contributed by atoms with Crippen LogP contribution in [0.1, 0.15) is 15.3 Å². The number of rotatable bonds is 3. The quantitative estimate of drug-likeness (QED) is 0.921. The highest BCUT2D eigenvalue weighted by Crippen LogP contribution is 2.29. The van der Waals surface area contributed by atoms with Gasteiger partial charge in [-0.15, -0.1) is 11.3 Å². The number of aliphatic imine (C=N–C) groups is 1. The lowest BCUT2D eigenvalue weighted by Gasteiger charge is -2.15. The summed E-state index contributed by atoms with van der Waals surface area (Å²) < 4.78 is 5.32. The average molecular weight is 331 g/mol. The second-order valence-electron chi connectivity index (χ2n) is 4.87. The lowest BCUT2D eigenvalue weighted by Crippen LogP contribution is -2.25. The van der Waals surface area contributed by atoms with Gasteiger partial charge in [0, 0.05) is 21.1 Å². The number of hydrogen-bond acceptors (Lipinski definition) is 5. The lowest BCUT2D eigenvalue weighted by molar-refractivity contribution is 0.416. The van der Waals surface area contributed by atoms with Crippen LogP contribution in [0.3, 0.4) is 0 Å². The van der Waals surface area contributed by atoms with Crippen LogP contribution in [0.5, 0.6) is 5.75 Å². The summed E-state index contributed by atoms with van der Waals surface area (Å²) in [6.07, 6.45) is 0. The highest BCUT2D eigenvalue weighted by atomic mass is 32.2. The molecule has 2 aromatic rings. The van der Waals surface area contributed by atoms with Gasteiger partial charge in [0.05, 0.1) is 12.8 Å². The fraction of sp³-hybridized carbons (Fsp3) is 0.250. The zero-order valence-electron chi connectivity index (χ0n) is 12.7. The number of nitrogens with one attached hydrogen (secondary N) is 1. The second kappa shape index (κ2) is 6.54. The molecule has 0 bridgehead atoms. The predicted molar refractivity (Wildman–Crippen MR) is 96.0 cm³/mol. The molecule has 0 aliphatic carbocycles. The van der Waals surface area contributed by atoms with Gasteiger partial charge in [-0.1, -0.05) is 23.9 Å². The lowest BCUT2D eigenvalue weighted by atomic mass is 10.2. The van der Waals surface area contributed by atoms with Gasteiger partial charge in [0.25, 0.3) is 0 Å². The first kappa shape index (κ1) is 15.1. The number of hydrogen-bond donors (Lipinski definition) is 1. The van der Waals surface area contributed by atoms with Crippen molar-refractivity contribution < 1.29 is 4.74 Å². The van der Waals surface area contributed by atoms with E-state index in [2.05, 4.69) is 35.4 Å². The van der Waals surface area contributed by atoms with Gasteiger partial charge in [-0.2, -0.15) is 5.10 Å². The molecular weight excluding hydrogens is 314 g/mol. The van der Waals surface area contributed by atoms with Crippen molar-refractivity contribution in [2.24, 2.45) is 10.1 Å². The predicted octanol–water partition coefficient (Wildman–Crippen LogP) is 4.10. The molecule has 1 aliphatic rings. The Bertz CT molecular complexity index is 750. The number of ether oxygens (including phenoxy) is 1. The fourth-order valence-electron chi connectivity index (χ4n) is 2.26. The Hall–Kier alpha value is -1.79. The standard InChI is InChI=1S/C16H17N3OS2/c1-10-8-12(11(2)22-10)14-9-21-16(19-18-14)17-13-6-4-5-7-15(13)20-3/h4-8H,9H2,1-3H3,(H,17,19). The van der Waals surface area contributed by atoms with Gasteiger partial charge in [0.2, 0.25) is 0 Å². The molecular formula is C16H17N3OS2. The third-order valence-corrected chi connectivity index (χ3v) is 5.13. The van der Waals surface area contributed by atoms with Crippen molar-refractivity contribution in [1.29, 1.82) is 0 Å². The van der Waals surface area contributed by atoms with Crippen LogP contribution in [0.2, 0.25) is 0 Å². The molecule has 0 fully saturated rings. The van der Waals surface area contributed by atoms with Crippen LogP contribution in [0, 0.1) is 13.8 Å². The molecule has 114 valence electrons. The first-order valence-electron chi connectivity index (χ1n) is 6.92. The van der Waals surface area contributed by atoms with Crippen molar-refractivity contribution in [2.45, 2.75) is 13.8 Å². The summed E-state index contributed by atoms with van der Waals surface area (Å²) in [5.41, 5.74) is 6.17. The van der Waals surface area contributed by atoms with Crippen molar-refractivity contribution in [1.82, 2.24) is 5.43 Å². The van der Waals surface area contributed by atoms with Gasteiger partial charge < -0.3 is 4.74 Å². The molecule has 0 saturated carbocycles.